The highest BCUT2D eigenvalue weighted by Crippen LogP contribution is 2.45. The lowest BCUT2D eigenvalue weighted by molar-refractivity contribution is -0.168. The molecule has 42 heavy (non-hydrogen) atoms. The van der Waals surface area contributed by atoms with Gasteiger partial charge in [0.05, 0.1) is 6.61 Å². The molecule has 0 saturated heterocycles. The Morgan fingerprint density at radius 2 is 1.67 bits per heavy atom. The van der Waals surface area contributed by atoms with Crippen molar-refractivity contribution in [3.63, 3.8) is 0 Å². The molecule has 2 unspecified atom stereocenters. The highest BCUT2D eigenvalue weighted by Gasteiger charge is 2.45. The minimum atomic E-state index is -0.587. The van der Waals surface area contributed by atoms with Crippen LogP contribution in [-0.2, 0) is 22.6 Å². The summed E-state index contributed by atoms with van der Waals surface area (Å²) >= 11 is 0. The maximum Gasteiger partial charge on any atom is 0.132 e. The molecule has 1 aliphatic heterocycles. The first-order chi connectivity index (χ1) is 20.4. The summed E-state index contributed by atoms with van der Waals surface area (Å²) in [6.07, 6.45) is 7.11. The largest absolute Gasteiger partial charge is 0.485 e. The van der Waals surface area contributed by atoms with Gasteiger partial charge in [-0.3, -0.25) is 0 Å². The van der Waals surface area contributed by atoms with Gasteiger partial charge in [0, 0.05) is 24.4 Å². The Morgan fingerprint density at radius 3 is 2.50 bits per heavy atom. The first-order valence-electron chi connectivity index (χ1n) is 15.5. The van der Waals surface area contributed by atoms with Gasteiger partial charge in [0.25, 0.3) is 0 Å². The normalized spacial score (nSPS) is 20.2. The van der Waals surface area contributed by atoms with Crippen LogP contribution in [0.25, 0.3) is 10.8 Å². The fraction of sp³-hybridized carbons (Fsp3) is 0.405. The van der Waals surface area contributed by atoms with Crippen molar-refractivity contribution in [3.8, 4) is 5.75 Å². The topological polar surface area (TPSA) is 39.7 Å². The molecule has 0 amide bonds. The zero-order valence-corrected chi connectivity index (χ0v) is 24.8. The maximum atomic E-state index is 13.7. The van der Waals surface area contributed by atoms with Gasteiger partial charge in [-0.1, -0.05) is 80.6 Å². The second-order valence-electron chi connectivity index (χ2n) is 12.4. The molecule has 0 radical (unpaired) electrons. The van der Waals surface area contributed by atoms with E-state index in [0.29, 0.717) is 19.8 Å². The van der Waals surface area contributed by atoms with E-state index in [0.717, 1.165) is 40.5 Å². The molecular formula is C37H42FNO3. The number of hydrogen-bond acceptors (Lipinski definition) is 4. The van der Waals surface area contributed by atoms with Crippen LogP contribution in [0.15, 0.2) is 84.9 Å². The summed E-state index contributed by atoms with van der Waals surface area (Å²) < 4.78 is 33.8. The number of benzene rings is 4. The molecule has 4 nitrogen and oxygen atoms in total. The van der Waals surface area contributed by atoms with Crippen LogP contribution in [0.1, 0.15) is 75.2 Å². The van der Waals surface area contributed by atoms with E-state index in [1.54, 1.807) is 12.1 Å². The molecule has 4 aromatic carbocycles. The molecule has 4 aromatic rings. The minimum absolute atomic E-state index is 0.229. The Hall–Kier alpha value is -3.41. The highest BCUT2D eigenvalue weighted by atomic mass is 19.1. The molecular weight excluding hydrogens is 525 g/mol. The quantitative estimate of drug-likeness (QED) is 0.207. The molecule has 2 atom stereocenters. The third-order valence-corrected chi connectivity index (χ3v) is 8.83. The third-order valence-electron chi connectivity index (χ3n) is 8.83. The average molecular weight is 568 g/mol. The van der Waals surface area contributed by atoms with Gasteiger partial charge in [-0.25, -0.2) is 4.39 Å². The second kappa shape index (κ2) is 12.8. The summed E-state index contributed by atoms with van der Waals surface area (Å²) in [6.45, 7) is 5.88. The van der Waals surface area contributed by atoms with Crippen LogP contribution in [0.3, 0.4) is 0 Å². The number of halogens is 1. The molecule has 6 rings (SSSR count). The van der Waals surface area contributed by atoms with E-state index in [9.17, 15) is 4.39 Å². The first-order valence-corrected chi connectivity index (χ1v) is 15.5. The van der Waals surface area contributed by atoms with Gasteiger partial charge >= 0.3 is 0 Å². The number of anilines is 1. The van der Waals surface area contributed by atoms with Gasteiger partial charge in [0.15, 0.2) is 0 Å². The number of fused-ring (bicyclic) bond motifs is 2. The molecule has 5 heteroatoms. The summed E-state index contributed by atoms with van der Waals surface area (Å²) in [7, 11) is 0. The number of ether oxygens (including phenoxy) is 3. The van der Waals surface area contributed by atoms with Crippen LogP contribution >= 0.6 is 0 Å². The number of hydrogen-bond donors (Lipinski definition) is 1. The van der Waals surface area contributed by atoms with Crippen LogP contribution in [-0.4, -0.2) is 18.3 Å². The van der Waals surface area contributed by atoms with Crippen LogP contribution in [0, 0.1) is 11.7 Å². The van der Waals surface area contributed by atoms with Gasteiger partial charge in [-0.15, -0.1) is 0 Å². The predicted molar refractivity (Wildman–Crippen MR) is 167 cm³/mol. The van der Waals surface area contributed by atoms with Crippen molar-refractivity contribution >= 4 is 16.5 Å². The second-order valence-corrected chi connectivity index (χ2v) is 12.4. The maximum absolute atomic E-state index is 13.7. The van der Waals surface area contributed by atoms with E-state index in [1.165, 1.54) is 48.9 Å². The fourth-order valence-electron chi connectivity index (χ4n) is 6.51. The van der Waals surface area contributed by atoms with E-state index in [2.05, 4.69) is 67.7 Å². The lowest BCUT2D eigenvalue weighted by atomic mass is 9.86. The Kier molecular flexibility index (Phi) is 8.78. The van der Waals surface area contributed by atoms with Gasteiger partial charge in [0.2, 0.25) is 0 Å². The monoisotopic (exact) mass is 567 g/mol. The number of rotatable bonds is 10. The van der Waals surface area contributed by atoms with E-state index in [1.807, 2.05) is 18.2 Å². The molecule has 220 valence electrons. The van der Waals surface area contributed by atoms with Gasteiger partial charge in [-0.05, 0) is 84.5 Å². The van der Waals surface area contributed by atoms with E-state index >= 15 is 0 Å². The zero-order chi connectivity index (χ0) is 28.9. The van der Waals surface area contributed by atoms with E-state index in [-0.39, 0.29) is 18.0 Å². The lowest BCUT2D eigenvalue weighted by Gasteiger charge is -2.44. The molecule has 2 aliphatic rings. The van der Waals surface area contributed by atoms with Crippen molar-refractivity contribution < 1.29 is 18.6 Å². The SMILES string of the molecule is CC1(C)Oc2ccc(NCc3cccc(F)c3)cc2C(OCCC2CCCCC2)C1OCc1ccc2ccccc2c1. The molecule has 0 spiro atoms. The lowest BCUT2D eigenvalue weighted by Crippen LogP contribution is -2.51. The van der Waals surface area contributed by atoms with Gasteiger partial charge in [-0.2, -0.15) is 0 Å². The Balaban J connectivity index is 1.23. The third kappa shape index (κ3) is 6.79. The molecule has 0 aromatic heterocycles. The first kappa shape index (κ1) is 28.7. The predicted octanol–water partition coefficient (Wildman–Crippen LogP) is 9.38. The van der Waals surface area contributed by atoms with Gasteiger partial charge in [0.1, 0.15) is 29.4 Å². The molecule has 1 heterocycles. The molecule has 1 aliphatic carbocycles. The zero-order valence-electron chi connectivity index (χ0n) is 24.8. The highest BCUT2D eigenvalue weighted by molar-refractivity contribution is 5.82. The minimum Gasteiger partial charge on any atom is -0.485 e. The van der Waals surface area contributed by atoms with Crippen molar-refractivity contribution in [2.45, 2.75) is 83.3 Å². The Bertz CT molecular complexity index is 1500. The fourth-order valence-corrected chi connectivity index (χ4v) is 6.51. The smallest absolute Gasteiger partial charge is 0.132 e. The van der Waals surface area contributed by atoms with Crippen molar-refractivity contribution in [2.75, 3.05) is 11.9 Å². The molecule has 0 bridgehead atoms. The Morgan fingerprint density at radius 1 is 0.833 bits per heavy atom. The summed E-state index contributed by atoms with van der Waals surface area (Å²) in [6, 6.07) is 27.7. The summed E-state index contributed by atoms with van der Waals surface area (Å²) in [5.74, 6) is 1.33. The standard InChI is InChI=1S/C37H42FNO3/c1-37(2)36(41-25-28-15-16-29-12-6-7-13-30(29)21-28)35(40-20-19-26-9-4-3-5-10-26)33-23-32(17-18-34(33)42-37)39-24-27-11-8-14-31(38)22-27/h6-8,11-18,21-23,26,35-36,39H,3-5,9-10,19-20,24-25H2,1-2H3. The van der Waals surface area contributed by atoms with Crippen molar-refractivity contribution in [3.05, 3.63) is 107 Å². The van der Waals surface area contributed by atoms with Crippen LogP contribution in [0.5, 0.6) is 5.75 Å². The molecule has 1 saturated carbocycles. The van der Waals surface area contributed by atoms with Crippen molar-refractivity contribution in [1.29, 1.82) is 0 Å². The van der Waals surface area contributed by atoms with Gasteiger partial charge < -0.3 is 19.5 Å². The summed E-state index contributed by atoms with van der Waals surface area (Å²) in [5.41, 5.74) is 3.36. The summed E-state index contributed by atoms with van der Waals surface area (Å²) in [4.78, 5) is 0. The summed E-state index contributed by atoms with van der Waals surface area (Å²) in [5, 5.41) is 5.89. The van der Waals surface area contributed by atoms with Crippen LogP contribution < -0.4 is 10.1 Å². The van der Waals surface area contributed by atoms with Crippen LogP contribution in [0.2, 0.25) is 0 Å². The van der Waals surface area contributed by atoms with E-state index < -0.39 is 5.60 Å². The van der Waals surface area contributed by atoms with Crippen LogP contribution in [0.4, 0.5) is 10.1 Å². The Labute approximate surface area is 249 Å². The van der Waals surface area contributed by atoms with Crippen molar-refractivity contribution in [2.24, 2.45) is 5.92 Å². The van der Waals surface area contributed by atoms with E-state index in [4.69, 9.17) is 14.2 Å². The molecule has 1 fully saturated rings. The number of nitrogens with one attached hydrogen (secondary N) is 1. The average Bonchev–Trinajstić information content (AvgIpc) is 3.00. The molecule has 1 N–H and O–H groups in total. The van der Waals surface area contributed by atoms with Crippen molar-refractivity contribution in [1.82, 2.24) is 0 Å².